The molecule has 0 fully saturated rings. The molecule has 0 aliphatic heterocycles. The molecule has 2 aromatic carbocycles. The van der Waals surface area contributed by atoms with Crippen LogP contribution in [0.2, 0.25) is 0 Å². The van der Waals surface area contributed by atoms with Crippen molar-refractivity contribution >= 4 is 44.0 Å². The first-order valence-corrected chi connectivity index (χ1v) is 8.80. The van der Waals surface area contributed by atoms with Gasteiger partial charge in [-0.3, -0.25) is 4.79 Å². The lowest BCUT2D eigenvalue weighted by atomic mass is 10.1. The number of nitrogens with zero attached hydrogens (tertiary/aromatic N) is 1. The van der Waals surface area contributed by atoms with E-state index in [0.29, 0.717) is 22.4 Å². The van der Waals surface area contributed by atoms with Crippen molar-refractivity contribution in [3.63, 3.8) is 0 Å². The van der Waals surface area contributed by atoms with E-state index in [1.54, 1.807) is 12.1 Å². The number of carbonyl (C=O) groups is 1. The number of hydrazone groups is 1. The highest BCUT2D eigenvalue weighted by Gasteiger charge is 2.08. The predicted molar refractivity (Wildman–Crippen MR) is 101 cm³/mol. The van der Waals surface area contributed by atoms with E-state index >= 15 is 0 Å². The summed E-state index contributed by atoms with van der Waals surface area (Å²) in [5.41, 5.74) is 4.07. The van der Waals surface area contributed by atoms with Crippen LogP contribution in [0.1, 0.15) is 18.1 Å². The molecule has 7 heteroatoms. The summed E-state index contributed by atoms with van der Waals surface area (Å²) < 4.78 is 6.80. The number of hydrogen-bond donors (Lipinski definition) is 2. The van der Waals surface area contributed by atoms with Crippen molar-refractivity contribution in [1.29, 1.82) is 0 Å². The third-order valence-electron chi connectivity index (χ3n) is 3.03. The summed E-state index contributed by atoms with van der Waals surface area (Å²) >= 11 is 6.61. The van der Waals surface area contributed by atoms with Crippen LogP contribution in [0.4, 0.5) is 0 Å². The Kier molecular flexibility index (Phi) is 6.81. The molecule has 0 radical (unpaired) electrons. The molecule has 126 valence electrons. The first-order chi connectivity index (χ1) is 11.5. The van der Waals surface area contributed by atoms with E-state index in [0.717, 1.165) is 10.0 Å². The second-order valence-corrected chi connectivity index (χ2v) is 6.65. The zero-order chi connectivity index (χ0) is 17.5. The highest BCUT2D eigenvalue weighted by molar-refractivity contribution is 9.10. The Balaban J connectivity index is 1.98. The van der Waals surface area contributed by atoms with Gasteiger partial charge in [0.1, 0.15) is 0 Å². The van der Waals surface area contributed by atoms with Crippen molar-refractivity contribution in [3.8, 4) is 11.5 Å². The maximum absolute atomic E-state index is 11.9. The molecule has 24 heavy (non-hydrogen) atoms. The molecule has 0 atom stereocenters. The van der Waals surface area contributed by atoms with Crippen LogP contribution in [-0.2, 0) is 11.2 Å². The zero-order valence-corrected chi connectivity index (χ0v) is 16.1. The van der Waals surface area contributed by atoms with Crippen molar-refractivity contribution in [2.45, 2.75) is 13.3 Å². The Morgan fingerprint density at radius 1 is 1.29 bits per heavy atom. The molecule has 0 saturated heterocycles. The van der Waals surface area contributed by atoms with Gasteiger partial charge >= 0.3 is 0 Å². The Morgan fingerprint density at radius 2 is 2.00 bits per heavy atom. The van der Waals surface area contributed by atoms with Gasteiger partial charge < -0.3 is 9.84 Å². The molecule has 2 N–H and O–H groups in total. The van der Waals surface area contributed by atoms with Gasteiger partial charge in [0.25, 0.3) is 0 Å². The fourth-order valence-corrected chi connectivity index (χ4v) is 2.66. The molecule has 0 spiro atoms. The molecule has 2 rings (SSSR count). The Hall–Kier alpha value is -1.86. The van der Waals surface area contributed by atoms with Gasteiger partial charge in [0.15, 0.2) is 11.5 Å². The van der Waals surface area contributed by atoms with Gasteiger partial charge in [0.05, 0.1) is 23.7 Å². The predicted octanol–water partition coefficient (Wildman–Crippen LogP) is 4.01. The number of phenols is 1. The van der Waals surface area contributed by atoms with Crippen LogP contribution < -0.4 is 10.2 Å². The van der Waals surface area contributed by atoms with E-state index in [2.05, 4.69) is 42.4 Å². The van der Waals surface area contributed by atoms with E-state index in [1.165, 1.54) is 6.21 Å². The fraction of sp³-hybridized carbons (Fsp3) is 0.176. The lowest BCUT2D eigenvalue weighted by molar-refractivity contribution is -0.120. The summed E-state index contributed by atoms with van der Waals surface area (Å²) in [7, 11) is 0. The molecule has 1 amide bonds. The van der Waals surface area contributed by atoms with Crippen LogP contribution >= 0.6 is 31.9 Å². The number of hydrogen-bond acceptors (Lipinski definition) is 4. The largest absolute Gasteiger partial charge is 0.503 e. The van der Waals surface area contributed by atoms with Crippen LogP contribution in [0, 0.1) is 0 Å². The Morgan fingerprint density at radius 3 is 2.67 bits per heavy atom. The smallest absolute Gasteiger partial charge is 0.244 e. The molecule has 0 aromatic heterocycles. The molecular weight excluding hydrogens is 440 g/mol. The van der Waals surface area contributed by atoms with Gasteiger partial charge in [-0.2, -0.15) is 5.10 Å². The van der Waals surface area contributed by atoms with Gasteiger partial charge in [-0.25, -0.2) is 5.43 Å². The lowest BCUT2D eigenvalue weighted by Gasteiger charge is -2.08. The normalized spacial score (nSPS) is 10.8. The number of benzene rings is 2. The van der Waals surface area contributed by atoms with Crippen LogP contribution in [0.15, 0.2) is 50.4 Å². The van der Waals surface area contributed by atoms with Crippen molar-refractivity contribution in [1.82, 2.24) is 5.43 Å². The van der Waals surface area contributed by atoms with E-state index in [9.17, 15) is 9.90 Å². The van der Waals surface area contributed by atoms with E-state index < -0.39 is 0 Å². The quantitative estimate of drug-likeness (QED) is 0.510. The number of halogens is 2. The van der Waals surface area contributed by atoms with E-state index in [4.69, 9.17) is 4.74 Å². The number of nitrogens with one attached hydrogen (secondary N) is 1. The summed E-state index contributed by atoms with van der Waals surface area (Å²) in [6.07, 6.45) is 1.74. The number of phenolic OH excluding ortho intramolecular Hbond substituents is 1. The maximum Gasteiger partial charge on any atom is 0.244 e. The van der Waals surface area contributed by atoms with Crippen LogP contribution in [0.25, 0.3) is 0 Å². The third kappa shape index (κ3) is 5.35. The molecule has 2 aromatic rings. The van der Waals surface area contributed by atoms with Gasteiger partial charge in [-0.05, 0) is 58.2 Å². The van der Waals surface area contributed by atoms with Crippen molar-refractivity contribution in [3.05, 3.63) is 56.5 Å². The summed E-state index contributed by atoms with van der Waals surface area (Å²) in [5, 5.41) is 13.8. The van der Waals surface area contributed by atoms with Crippen molar-refractivity contribution < 1.29 is 14.6 Å². The van der Waals surface area contributed by atoms with Crippen LogP contribution in [0.3, 0.4) is 0 Å². The highest BCUT2D eigenvalue weighted by Crippen LogP contribution is 2.34. The molecule has 0 aliphatic carbocycles. The average Bonchev–Trinajstić information content (AvgIpc) is 2.54. The van der Waals surface area contributed by atoms with Crippen LogP contribution in [-0.4, -0.2) is 23.8 Å². The fourth-order valence-electron chi connectivity index (χ4n) is 1.94. The minimum Gasteiger partial charge on any atom is -0.503 e. The van der Waals surface area contributed by atoms with Crippen molar-refractivity contribution in [2.75, 3.05) is 6.61 Å². The number of rotatable bonds is 6. The Labute approximate surface area is 157 Å². The number of ether oxygens (including phenoxy) is 1. The molecule has 0 unspecified atom stereocenters. The molecule has 0 saturated carbocycles. The summed E-state index contributed by atoms with van der Waals surface area (Å²) in [5.74, 6) is 0.180. The SMILES string of the molecule is CCOc1cc(C=NNC(=O)Cc2ccc(Br)cc2)cc(Br)c1O. The topological polar surface area (TPSA) is 70.9 Å². The first-order valence-electron chi connectivity index (χ1n) is 7.21. The third-order valence-corrected chi connectivity index (χ3v) is 4.16. The summed E-state index contributed by atoms with van der Waals surface area (Å²) in [4.78, 5) is 11.9. The number of amides is 1. The summed E-state index contributed by atoms with van der Waals surface area (Å²) in [6.45, 7) is 2.26. The second kappa shape index (κ2) is 8.84. The molecule has 5 nitrogen and oxygen atoms in total. The van der Waals surface area contributed by atoms with Crippen LogP contribution in [0.5, 0.6) is 11.5 Å². The molecule has 0 heterocycles. The Bertz CT molecular complexity index is 746. The van der Waals surface area contributed by atoms with Gasteiger partial charge in [-0.1, -0.05) is 28.1 Å². The first kappa shape index (κ1) is 18.5. The van der Waals surface area contributed by atoms with E-state index in [1.807, 2.05) is 31.2 Å². The number of aromatic hydroxyl groups is 1. The molecule has 0 aliphatic rings. The monoisotopic (exact) mass is 454 g/mol. The maximum atomic E-state index is 11.9. The average molecular weight is 456 g/mol. The van der Waals surface area contributed by atoms with E-state index in [-0.39, 0.29) is 18.1 Å². The summed E-state index contributed by atoms with van der Waals surface area (Å²) in [6, 6.07) is 10.8. The molecule has 0 bridgehead atoms. The molecular formula is C17H16Br2N2O3. The van der Waals surface area contributed by atoms with Gasteiger partial charge in [0.2, 0.25) is 5.91 Å². The second-order valence-electron chi connectivity index (χ2n) is 4.88. The van der Waals surface area contributed by atoms with Gasteiger partial charge in [0, 0.05) is 4.47 Å². The zero-order valence-electron chi connectivity index (χ0n) is 12.9. The van der Waals surface area contributed by atoms with Crippen molar-refractivity contribution in [2.24, 2.45) is 5.10 Å². The van der Waals surface area contributed by atoms with Gasteiger partial charge in [-0.15, -0.1) is 0 Å². The lowest BCUT2D eigenvalue weighted by Crippen LogP contribution is -2.19. The standard InChI is InChI=1S/C17H16Br2N2O3/c1-2-24-15-8-12(7-14(19)17(15)23)10-20-21-16(22)9-11-3-5-13(18)6-4-11/h3-8,10,23H,2,9H2,1H3,(H,21,22). The highest BCUT2D eigenvalue weighted by atomic mass is 79.9. The number of carbonyl (C=O) groups excluding carboxylic acids is 1. The minimum atomic E-state index is -0.212. The minimum absolute atomic E-state index is 0.0354.